The minimum absolute atomic E-state index is 0.122. The van der Waals surface area contributed by atoms with Crippen molar-refractivity contribution in [2.75, 3.05) is 13.1 Å². The number of hydrogen-bond acceptors (Lipinski definition) is 2. The Kier molecular flexibility index (Phi) is 5.26. The van der Waals surface area contributed by atoms with Crippen molar-refractivity contribution < 1.29 is 8.42 Å². The highest BCUT2D eigenvalue weighted by Crippen LogP contribution is 2.30. The molecule has 0 aromatic rings. The quantitative estimate of drug-likeness (QED) is 0.867. The molecule has 1 aliphatic carbocycles. The molecule has 2 fully saturated rings. The third-order valence-electron chi connectivity index (χ3n) is 4.91. The summed E-state index contributed by atoms with van der Waals surface area (Å²) in [6.07, 6.45) is 7.65. The van der Waals surface area contributed by atoms with Crippen molar-refractivity contribution in [1.82, 2.24) is 9.03 Å². The minimum atomic E-state index is -3.28. The van der Waals surface area contributed by atoms with E-state index in [2.05, 4.69) is 18.6 Å². The summed E-state index contributed by atoms with van der Waals surface area (Å²) >= 11 is 0. The summed E-state index contributed by atoms with van der Waals surface area (Å²) in [5, 5.41) is 0. The van der Waals surface area contributed by atoms with Crippen LogP contribution in [0.15, 0.2) is 0 Å². The first-order chi connectivity index (χ1) is 9.00. The molecular formula is C14H28N2O2S. The van der Waals surface area contributed by atoms with Gasteiger partial charge in [0.1, 0.15) is 0 Å². The van der Waals surface area contributed by atoms with Crippen LogP contribution >= 0.6 is 0 Å². The zero-order valence-electron chi connectivity index (χ0n) is 12.3. The second kappa shape index (κ2) is 6.55. The fraction of sp³-hybridized carbons (Fsp3) is 1.00. The van der Waals surface area contributed by atoms with Gasteiger partial charge in [0.25, 0.3) is 10.2 Å². The molecule has 0 unspecified atom stereocenters. The first-order valence-electron chi connectivity index (χ1n) is 7.78. The van der Waals surface area contributed by atoms with E-state index in [-0.39, 0.29) is 6.04 Å². The molecule has 4 nitrogen and oxygen atoms in total. The lowest BCUT2D eigenvalue weighted by Gasteiger charge is -2.35. The van der Waals surface area contributed by atoms with Gasteiger partial charge in [-0.1, -0.05) is 39.5 Å². The third kappa shape index (κ3) is 3.92. The van der Waals surface area contributed by atoms with Crippen LogP contribution in [0, 0.1) is 11.8 Å². The Morgan fingerprint density at radius 3 is 2.21 bits per heavy atom. The SMILES string of the molecule is C[C@@H]1[C@H](C)CCC[C@H]1NS(=O)(=O)N1CCCCCC1. The third-order valence-corrected chi connectivity index (χ3v) is 6.56. The molecule has 112 valence electrons. The van der Waals surface area contributed by atoms with Crippen LogP contribution in [0.1, 0.15) is 58.8 Å². The van der Waals surface area contributed by atoms with Crippen molar-refractivity contribution in [2.24, 2.45) is 11.8 Å². The van der Waals surface area contributed by atoms with Gasteiger partial charge >= 0.3 is 0 Å². The average molecular weight is 288 g/mol. The molecule has 1 saturated carbocycles. The van der Waals surface area contributed by atoms with E-state index in [1.165, 1.54) is 6.42 Å². The Morgan fingerprint density at radius 2 is 1.58 bits per heavy atom. The Balaban J connectivity index is 1.99. The predicted molar refractivity (Wildman–Crippen MR) is 78.1 cm³/mol. The molecule has 0 spiro atoms. The van der Waals surface area contributed by atoms with Crippen molar-refractivity contribution in [3.63, 3.8) is 0 Å². The molecule has 5 heteroatoms. The van der Waals surface area contributed by atoms with Crippen LogP contribution < -0.4 is 4.72 Å². The molecule has 2 aliphatic rings. The number of nitrogens with one attached hydrogen (secondary N) is 1. The Morgan fingerprint density at radius 1 is 0.947 bits per heavy atom. The van der Waals surface area contributed by atoms with Crippen molar-refractivity contribution >= 4 is 10.2 Å². The second-order valence-electron chi connectivity index (χ2n) is 6.31. The Hall–Kier alpha value is -0.130. The number of hydrogen-bond donors (Lipinski definition) is 1. The fourth-order valence-corrected chi connectivity index (χ4v) is 4.90. The summed E-state index contributed by atoms with van der Waals surface area (Å²) in [5.41, 5.74) is 0. The van der Waals surface area contributed by atoms with Gasteiger partial charge in [-0.25, -0.2) is 0 Å². The van der Waals surface area contributed by atoms with E-state index in [9.17, 15) is 8.42 Å². The fourth-order valence-electron chi connectivity index (χ4n) is 3.30. The van der Waals surface area contributed by atoms with E-state index < -0.39 is 10.2 Å². The Labute approximate surface area is 118 Å². The average Bonchev–Trinajstić information content (AvgIpc) is 2.64. The van der Waals surface area contributed by atoms with E-state index in [4.69, 9.17) is 0 Å². The minimum Gasteiger partial charge on any atom is -0.199 e. The number of rotatable bonds is 3. The van der Waals surface area contributed by atoms with Crippen LogP contribution in [0.4, 0.5) is 0 Å². The molecule has 0 radical (unpaired) electrons. The van der Waals surface area contributed by atoms with Crippen LogP contribution in [0.5, 0.6) is 0 Å². The van der Waals surface area contributed by atoms with Gasteiger partial charge < -0.3 is 0 Å². The lowest BCUT2D eigenvalue weighted by atomic mass is 9.78. The normalized spacial score (nSPS) is 34.9. The molecule has 0 bridgehead atoms. The first kappa shape index (κ1) is 15.3. The molecule has 19 heavy (non-hydrogen) atoms. The van der Waals surface area contributed by atoms with Crippen LogP contribution in [0.2, 0.25) is 0 Å². The van der Waals surface area contributed by atoms with Crippen LogP contribution in [0.3, 0.4) is 0 Å². The van der Waals surface area contributed by atoms with Gasteiger partial charge in [-0.3, -0.25) is 0 Å². The second-order valence-corrected chi connectivity index (χ2v) is 8.01. The highest BCUT2D eigenvalue weighted by Gasteiger charge is 2.32. The molecule has 0 aromatic carbocycles. The smallest absolute Gasteiger partial charge is 0.199 e. The van der Waals surface area contributed by atoms with Crippen molar-refractivity contribution in [3.05, 3.63) is 0 Å². The van der Waals surface area contributed by atoms with Crippen molar-refractivity contribution in [2.45, 2.75) is 64.8 Å². The molecule has 3 atom stereocenters. The molecule has 1 N–H and O–H groups in total. The highest BCUT2D eigenvalue weighted by molar-refractivity contribution is 7.87. The van der Waals surface area contributed by atoms with Crippen molar-refractivity contribution in [3.8, 4) is 0 Å². The summed E-state index contributed by atoms with van der Waals surface area (Å²) in [4.78, 5) is 0. The predicted octanol–water partition coefficient (Wildman–Crippen LogP) is 2.52. The zero-order valence-corrected chi connectivity index (χ0v) is 13.1. The zero-order chi connectivity index (χ0) is 13.9. The molecule has 0 amide bonds. The maximum atomic E-state index is 12.5. The largest absolute Gasteiger partial charge is 0.279 e. The van der Waals surface area contributed by atoms with Crippen LogP contribution in [-0.4, -0.2) is 31.9 Å². The summed E-state index contributed by atoms with van der Waals surface area (Å²) in [6, 6.07) is 0.122. The van der Waals surface area contributed by atoms with E-state index in [0.29, 0.717) is 24.9 Å². The van der Waals surface area contributed by atoms with Gasteiger partial charge in [-0.2, -0.15) is 17.4 Å². The maximum Gasteiger partial charge on any atom is 0.279 e. The van der Waals surface area contributed by atoms with E-state index in [1.54, 1.807) is 4.31 Å². The summed E-state index contributed by atoms with van der Waals surface area (Å²) in [5.74, 6) is 1.06. The van der Waals surface area contributed by atoms with Gasteiger partial charge in [0.2, 0.25) is 0 Å². The molecule has 1 saturated heterocycles. The molecule has 2 rings (SSSR count). The van der Waals surface area contributed by atoms with E-state index in [0.717, 1.165) is 38.5 Å². The van der Waals surface area contributed by atoms with Gasteiger partial charge in [0.05, 0.1) is 0 Å². The molecule has 0 aromatic heterocycles. The lowest BCUT2D eigenvalue weighted by Crippen LogP contribution is -2.49. The van der Waals surface area contributed by atoms with Gasteiger partial charge in [-0.15, -0.1) is 0 Å². The van der Waals surface area contributed by atoms with E-state index >= 15 is 0 Å². The van der Waals surface area contributed by atoms with Gasteiger partial charge in [0.15, 0.2) is 0 Å². The summed E-state index contributed by atoms with van der Waals surface area (Å²) in [7, 11) is -3.28. The van der Waals surface area contributed by atoms with Crippen molar-refractivity contribution in [1.29, 1.82) is 0 Å². The summed E-state index contributed by atoms with van der Waals surface area (Å²) < 4.78 is 29.6. The van der Waals surface area contributed by atoms with Crippen LogP contribution in [-0.2, 0) is 10.2 Å². The molecular weight excluding hydrogens is 260 g/mol. The molecule has 1 aliphatic heterocycles. The van der Waals surface area contributed by atoms with Gasteiger partial charge in [-0.05, 0) is 31.1 Å². The monoisotopic (exact) mass is 288 g/mol. The lowest BCUT2D eigenvalue weighted by molar-refractivity contribution is 0.223. The standard InChI is InChI=1S/C14H28N2O2S/c1-12-8-7-9-14(13(12)2)15-19(17,18)16-10-5-3-4-6-11-16/h12-15H,3-11H2,1-2H3/t12-,13-,14-/m1/s1. The van der Waals surface area contributed by atoms with Gasteiger partial charge in [0, 0.05) is 19.1 Å². The number of nitrogens with zero attached hydrogens (tertiary/aromatic N) is 1. The Bertz CT molecular complexity index is 375. The molecule has 1 heterocycles. The van der Waals surface area contributed by atoms with E-state index in [1.807, 2.05) is 0 Å². The van der Waals surface area contributed by atoms with Crippen LogP contribution in [0.25, 0.3) is 0 Å². The summed E-state index contributed by atoms with van der Waals surface area (Å²) in [6.45, 7) is 5.79. The topological polar surface area (TPSA) is 49.4 Å². The first-order valence-corrected chi connectivity index (χ1v) is 9.22. The maximum absolute atomic E-state index is 12.5. The highest BCUT2D eigenvalue weighted by atomic mass is 32.2.